The lowest BCUT2D eigenvalue weighted by atomic mass is 10.1. The number of fused-ring (bicyclic) bond motifs is 1. The summed E-state index contributed by atoms with van der Waals surface area (Å²) in [4.78, 5) is -0.323. The van der Waals surface area contributed by atoms with Crippen LogP contribution in [0.2, 0.25) is 0 Å². The van der Waals surface area contributed by atoms with Gasteiger partial charge in [0.15, 0.2) is 11.5 Å². The Labute approximate surface area is 174 Å². The maximum absolute atomic E-state index is 11.5. The Morgan fingerprint density at radius 3 is 2.47 bits per heavy atom. The van der Waals surface area contributed by atoms with Gasteiger partial charge in [-0.2, -0.15) is 8.42 Å². The van der Waals surface area contributed by atoms with Crippen molar-refractivity contribution >= 4 is 50.0 Å². The standard InChI is InChI=1S/C17H15N3O8S2/c1-18-12-7-10(30(24,25)26)8-13(17(12)22)19-20-15-14(29-28-27-23)6-9-4-2-3-5-11(9)16(15)21/h2-8,18,21-23H,1H3,(H,24,25,26). The van der Waals surface area contributed by atoms with Crippen molar-refractivity contribution in [1.29, 1.82) is 0 Å². The zero-order valence-electron chi connectivity index (χ0n) is 15.2. The fourth-order valence-electron chi connectivity index (χ4n) is 2.62. The van der Waals surface area contributed by atoms with E-state index in [0.717, 1.165) is 12.1 Å². The summed E-state index contributed by atoms with van der Waals surface area (Å²) < 4.78 is 36.7. The second-order valence-corrected chi connectivity index (χ2v) is 7.95. The molecule has 0 aliphatic rings. The van der Waals surface area contributed by atoms with E-state index < -0.39 is 20.8 Å². The molecular weight excluding hydrogens is 438 g/mol. The van der Waals surface area contributed by atoms with Crippen LogP contribution in [0.3, 0.4) is 0 Å². The molecule has 0 atom stereocenters. The summed E-state index contributed by atoms with van der Waals surface area (Å²) >= 11 is 0.534. The normalized spacial score (nSPS) is 12.0. The number of anilines is 1. The lowest BCUT2D eigenvalue weighted by molar-refractivity contribution is -0.432. The number of phenols is 2. The molecule has 158 valence electrons. The van der Waals surface area contributed by atoms with Crippen LogP contribution < -0.4 is 5.32 Å². The molecule has 0 saturated carbocycles. The van der Waals surface area contributed by atoms with Gasteiger partial charge in [0, 0.05) is 12.4 Å². The third kappa shape index (κ3) is 4.46. The Morgan fingerprint density at radius 2 is 1.80 bits per heavy atom. The minimum atomic E-state index is -4.59. The van der Waals surface area contributed by atoms with Gasteiger partial charge in [-0.05, 0) is 23.6 Å². The first-order chi connectivity index (χ1) is 14.3. The first-order valence-electron chi connectivity index (χ1n) is 8.09. The van der Waals surface area contributed by atoms with Gasteiger partial charge in [-0.25, -0.2) is 5.26 Å². The van der Waals surface area contributed by atoms with Crippen molar-refractivity contribution in [3.63, 3.8) is 0 Å². The molecule has 3 rings (SSSR count). The Hall–Kier alpha value is -2.94. The molecule has 0 aliphatic carbocycles. The molecule has 0 amide bonds. The van der Waals surface area contributed by atoms with E-state index in [1.165, 1.54) is 7.05 Å². The van der Waals surface area contributed by atoms with Gasteiger partial charge in [-0.3, -0.25) is 4.55 Å². The molecule has 30 heavy (non-hydrogen) atoms. The van der Waals surface area contributed by atoms with Crippen molar-refractivity contribution in [2.45, 2.75) is 9.79 Å². The summed E-state index contributed by atoms with van der Waals surface area (Å²) in [6.07, 6.45) is 0. The third-order valence-electron chi connectivity index (χ3n) is 4.00. The summed E-state index contributed by atoms with van der Waals surface area (Å²) in [5.41, 5.74) is -0.413. The van der Waals surface area contributed by atoms with Gasteiger partial charge >= 0.3 is 0 Å². The Balaban J connectivity index is 2.17. The van der Waals surface area contributed by atoms with E-state index in [1.54, 1.807) is 30.3 Å². The van der Waals surface area contributed by atoms with Crippen LogP contribution in [0.1, 0.15) is 0 Å². The van der Waals surface area contributed by atoms with Gasteiger partial charge in [0.05, 0.1) is 27.5 Å². The van der Waals surface area contributed by atoms with Crippen LogP contribution in [-0.4, -0.2) is 35.5 Å². The monoisotopic (exact) mass is 453 g/mol. The van der Waals surface area contributed by atoms with E-state index >= 15 is 0 Å². The highest BCUT2D eigenvalue weighted by molar-refractivity contribution is 7.94. The highest BCUT2D eigenvalue weighted by atomic mass is 32.2. The zero-order valence-corrected chi connectivity index (χ0v) is 16.8. The quantitative estimate of drug-likeness (QED) is 0.0863. The molecule has 0 aromatic heterocycles. The molecule has 0 heterocycles. The molecule has 3 aromatic rings. The number of aromatic hydroxyl groups is 2. The summed E-state index contributed by atoms with van der Waals surface area (Å²) in [5.74, 6) is -0.710. The van der Waals surface area contributed by atoms with Crippen LogP contribution in [0.15, 0.2) is 62.5 Å². The van der Waals surface area contributed by atoms with E-state index in [4.69, 9.17) is 5.26 Å². The van der Waals surface area contributed by atoms with Crippen LogP contribution >= 0.6 is 12.0 Å². The average molecular weight is 453 g/mol. The van der Waals surface area contributed by atoms with E-state index in [1.807, 2.05) is 0 Å². The number of nitrogens with one attached hydrogen (secondary N) is 1. The maximum atomic E-state index is 11.5. The van der Waals surface area contributed by atoms with Gasteiger partial charge in [-0.1, -0.05) is 29.3 Å². The minimum absolute atomic E-state index is 0.0200. The SMILES string of the molecule is CNc1cc(S(=O)(=O)O)cc(N=Nc2c(SOOO)cc3ccccc3c2O)c1O. The Kier molecular flexibility index (Phi) is 6.40. The predicted molar refractivity (Wildman–Crippen MR) is 108 cm³/mol. The zero-order chi connectivity index (χ0) is 21.9. The smallest absolute Gasteiger partial charge is 0.294 e. The molecule has 0 aliphatic heterocycles. The second kappa shape index (κ2) is 8.83. The molecule has 0 radical (unpaired) electrons. The number of hydrogen-bond donors (Lipinski definition) is 5. The molecule has 0 spiro atoms. The van der Waals surface area contributed by atoms with Crippen molar-refractivity contribution in [3.8, 4) is 11.5 Å². The predicted octanol–water partition coefficient (Wildman–Crippen LogP) is 4.38. The fourth-order valence-corrected chi connectivity index (χ4v) is 3.64. The van der Waals surface area contributed by atoms with Gasteiger partial charge in [0.25, 0.3) is 10.1 Å². The second-order valence-electron chi connectivity index (χ2n) is 5.78. The van der Waals surface area contributed by atoms with Crippen LogP contribution in [0.25, 0.3) is 10.8 Å². The topological polar surface area (TPSA) is 170 Å². The molecule has 13 heteroatoms. The average Bonchev–Trinajstić information content (AvgIpc) is 2.71. The highest BCUT2D eigenvalue weighted by Gasteiger charge is 2.18. The summed E-state index contributed by atoms with van der Waals surface area (Å²) in [6, 6.07) is 10.3. The van der Waals surface area contributed by atoms with E-state index in [-0.39, 0.29) is 27.7 Å². The number of hydrogen-bond acceptors (Lipinski definition) is 11. The minimum Gasteiger partial charge on any atom is -0.505 e. The van der Waals surface area contributed by atoms with Crippen LogP contribution in [0, 0.1) is 0 Å². The Bertz CT molecular complexity index is 1230. The molecular formula is C17H15N3O8S2. The largest absolute Gasteiger partial charge is 0.505 e. The van der Waals surface area contributed by atoms with Crippen LogP contribution in [0.5, 0.6) is 11.5 Å². The maximum Gasteiger partial charge on any atom is 0.294 e. The molecule has 0 fully saturated rings. The molecule has 5 N–H and O–H groups in total. The number of benzene rings is 3. The third-order valence-corrected chi connectivity index (χ3v) is 5.45. The number of azo groups is 1. The molecule has 11 nitrogen and oxygen atoms in total. The fraction of sp³-hybridized carbons (Fsp3) is 0.0588. The number of nitrogens with zero attached hydrogens (tertiary/aromatic N) is 2. The highest BCUT2D eigenvalue weighted by Crippen LogP contribution is 2.45. The van der Waals surface area contributed by atoms with Gasteiger partial charge in [-0.15, -0.1) is 14.6 Å². The van der Waals surface area contributed by atoms with Crippen molar-refractivity contribution < 1.29 is 37.8 Å². The van der Waals surface area contributed by atoms with E-state index in [9.17, 15) is 23.2 Å². The van der Waals surface area contributed by atoms with Crippen molar-refractivity contribution in [2.75, 3.05) is 12.4 Å². The van der Waals surface area contributed by atoms with Gasteiger partial charge in [0.2, 0.25) is 0 Å². The molecule has 0 saturated heterocycles. The lowest BCUT2D eigenvalue weighted by Gasteiger charge is -2.10. The lowest BCUT2D eigenvalue weighted by Crippen LogP contribution is -1.99. The van der Waals surface area contributed by atoms with Crippen molar-refractivity contribution in [2.24, 2.45) is 10.2 Å². The molecule has 0 unspecified atom stereocenters. The van der Waals surface area contributed by atoms with Gasteiger partial charge in [0.1, 0.15) is 11.4 Å². The first kappa shape index (κ1) is 21.8. The van der Waals surface area contributed by atoms with Crippen LogP contribution in [0.4, 0.5) is 17.1 Å². The summed E-state index contributed by atoms with van der Waals surface area (Å²) in [7, 11) is -3.15. The summed E-state index contributed by atoms with van der Waals surface area (Å²) in [6.45, 7) is 0. The van der Waals surface area contributed by atoms with E-state index in [0.29, 0.717) is 22.8 Å². The summed E-state index contributed by atoms with van der Waals surface area (Å²) in [5, 5.41) is 44.3. The van der Waals surface area contributed by atoms with Crippen molar-refractivity contribution in [1.82, 2.24) is 0 Å². The Morgan fingerprint density at radius 1 is 1.07 bits per heavy atom. The number of rotatable bonds is 7. The number of phenolic OH excluding ortho intramolecular Hbond substituents is 2. The van der Waals surface area contributed by atoms with Crippen LogP contribution in [-0.2, 0) is 19.5 Å². The van der Waals surface area contributed by atoms with Crippen molar-refractivity contribution in [3.05, 3.63) is 42.5 Å². The first-order valence-corrected chi connectivity index (χ1v) is 10.3. The molecule has 0 bridgehead atoms. The van der Waals surface area contributed by atoms with Gasteiger partial charge < -0.3 is 15.5 Å². The van der Waals surface area contributed by atoms with E-state index in [2.05, 4.69) is 24.9 Å². The molecule has 3 aromatic carbocycles.